The third-order valence-electron chi connectivity index (χ3n) is 2.22. The van der Waals surface area contributed by atoms with Crippen LogP contribution in [0.3, 0.4) is 0 Å². The van der Waals surface area contributed by atoms with Gasteiger partial charge in [0.25, 0.3) is 6.43 Å². The van der Waals surface area contributed by atoms with E-state index in [1.165, 1.54) is 18.2 Å². The summed E-state index contributed by atoms with van der Waals surface area (Å²) in [5, 5.41) is 0. The molecule has 0 saturated carbocycles. The highest BCUT2D eigenvalue weighted by Crippen LogP contribution is 2.16. The number of benzene rings is 1. The number of nitrogens with two attached hydrogens (primary N) is 1. The molecule has 1 aromatic carbocycles. The quantitative estimate of drug-likeness (QED) is 0.829. The predicted octanol–water partition coefficient (Wildman–Crippen LogP) is 1.21. The molecule has 0 aliphatic carbocycles. The first-order valence-electron chi connectivity index (χ1n) is 4.89. The minimum atomic E-state index is -3.95. The van der Waals surface area contributed by atoms with Crippen molar-refractivity contribution >= 4 is 27.2 Å². The molecule has 4 nitrogen and oxygen atoms in total. The van der Waals surface area contributed by atoms with E-state index in [1.54, 1.807) is 6.07 Å². The average Bonchev–Trinajstić information content (AvgIpc) is 2.28. The van der Waals surface area contributed by atoms with Gasteiger partial charge in [-0.1, -0.05) is 24.4 Å². The number of sulfonamides is 1. The van der Waals surface area contributed by atoms with E-state index in [0.29, 0.717) is 9.87 Å². The molecule has 0 spiro atoms. The normalized spacial score (nSPS) is 12.1. The highest BCUT2D eigenvalue weighted by atomic mass is 32.2. The maximum atomic E-state index is 12.2. The standard InChI is InChI=1S/C10H12F2N2O2S2/c1-14(6-9(11)12)18(15,16)8-4-2-3-7(5-8)10(13)17/h2-5,9H,6H2,1H3,(H2,13,17). The Kier molecular flexibility index (Phi) is 4.71. The summed E-state index contributed by atoms with van der Waals surface area (Å²) in [4.78, 5) is -0.0699. The fourth-order valence-corrected chi connectivity index (χ4v) is 2.60. The zero-order valence-corrected chi connectivity index (χ0v) is 11.1. The van der Waals surface area contributed by atoms with E-state index in [4.69, 9.17) is 18.0 Å². The summed E-state index contributed by atoms with van der Waals surface area (Å²) in [6.07, 6.45) is -2.73. The topological polar surface area (TPSA) is 63.4 Å². The number of hydrogen-bond donors (Lipinski definition) is 1. The second kappa shape index (κ2) is 5.68. The van der Waals surface area contributed by atoms with Crippen molar-refractivity contribution in [3.63, 3.8) is 0 Å². The maximum Gasteiger partial charge on any atom is 0.252 e. The molecule has 0 aliphatic rings. The van der Waals surface area contributed by atoms with Crippen LogP contribution in [0.5, 0.6) is 0 Å². The zero-order chi connectivity index (χ0) is 13.9. The Morgan fingerprint density at radius 3 is 2.61 bits per heavy atom. The Hall–Kier alpha value is -1.12. The first-order valence-corrected chi connectivity index (χ1v) is 6.74. The van der Waals surface area contributed by atoms with Gasteiger partial charge in [0.05, 0.1) is 11.4 Å². The van der Waals surface area contributed by atoms with Crippen LogP contribution in [0.25, 0.3) is 0 Å². The van der Waals surface area contributed by atoms with Gasteiger partial charge in [0, 0.05) is 12.6 Å². The fraction of sp³-hybridized carbons (Fsp3) is 0.300. The van der Waals surface area contributed by atoms with Crippen LogP contribution < -0.4 is 5.73 Å². The summed E-state index contributed by atoms with van der Waals surface area (Å²) < 4.78 is 48.9. The van der Waals surface area contributed by atoms with Crippen LogP contribution in [0.15, 0.2) is 29.2 Å². The van der Waals surface area contributed by atoms with Gasteiger partial charge in [-0.3, -0.25) is 0 Å². The van der Waals surface area contributed by atoms with E-state index < -0.39 is 23.0 Å². The van der Waals surface area contributed by atoms with E-state index in [9.17, 15) is 17.2 Å². The average molecular weight is 294 g/mol. The first kappa shape index (κ1) is 14.9. The first-order chi connectivity index (χ1) is 8.25. The molecule has 0 aromatic heterocycles. The monoisotopic (exact) mass is 294 g/mol. The largest absolute Gasteiger partial charge is 0.389 e. The van der Waals surface area contributed by atoms with Gasteiger partial charge in [-0.25, -0.2) is 17.2 Å². The molecule has 0 heterocycles. The summed E-state index contributed by atoms with van der Waals surface area (Å²) in [5.41, 5.74) is 5.76. The van der Waals surface area contributed by atoms with Crippen molar-refractivity contribution in [1.82, 2.24) is 4.31 Å². The van der Waals surface area contributed by atoms with Gasteiger partial charge in [0.2, 0.25) is 10.0 Å². The molecule has 0 unspecified atom stereocenters. The van der Waals surface area contributed by atoms with Gasteiger partial charge in [0.1, 0.15) is 4.99 Å². The molecular formula is C10H12F2N2O2S2. The Bertz CT molecular complexity index is 547. The molecule has 0 fully saturated rings. The van der Waals surface area contributed by atoms with Crippen molar-refractivity contribution < 1.29 is 17.2 Å². The third-order valence-corrected chi connectivity index (χ3v) is 4.28. The summed E-state index contributed by atoms with van der Waals surface area (Å²) in [6, 6.07) is 5.57. The molecule has 1 rings (SSSR count). The summed E-state index contributed by atoms with van der Waals surface area (Å²) >= 11 is 4.73. The van der Waals surface area contributed by atoms with Gasteiger partial charge >= 0.3 is 0 Å². The Labute approximate surface area is 109 Å². The van der Waals surface area contributed by atoms with Crippen LogP contribution in [0, 0.1) is 0 Å². The molecule has 0 bridgehead atoms. The molecule has 18 heavy (non-hydrogen) atoms. The summed E-state index contributed by atoms with van der Waals surface area (Å²) in [5.74, 6) is 0. The maximum absolute atomic E-state index is 12.2. The summed E-state index contributed by atoms with van der Waals surface area (Å²) in [7, 11) is -2.86. The molecule has 100 valence electrons. The van der Waals surface area contributed by atoms with E-state index in [1.807, 2.05) is 0 Å². The molecule has 0 saturated heterocycles. The van der Waals surface area contributed by atoms with Crippen molar-refractivity contribution in [2.24, 2.45) is 5.73 Å². The number of halogens is 2. The van der Waals surface area contributed by atoms with Gasteiger partial charge in [-0.15, -0.1) is 0 Å². The van der Waals surface area contributed by atoms with Crippen molar-refractivity contribution in [3.8, 4) is 0 Å². The van der Waals surface area contributed by atoms with Gasteiger partial charge in [-0.2, -0.15) is 4.31 Å². The van der Waals surface area contributed by atoms with Crippen LogP contribution in [-0.2, 0) is 10.0 Å². The third kappa shape index (κ3) is 3.44. The Morgan fingerprint density at radius 2 is 2.11 bits per heavy atom. The lowest BCUT2D eigenvalue weighted by Gasteiger charge is -2.16. The van der Waals surface area contributed by atoms with E-state index in [0.717, 1.165) is 7.05 Å². The lowest BCUT2D eigenvalue weighted by atomic mass is 10.2. The van der Waals surface area contributed by atoms with E-state index in [2.05, 4.69) is 0 Å². The smallest absolute Gasteiger partial charge is 0.252 e. The molecule has 2 N–H and O–H groups in total. The second-order valence-electron chi connectivity index (χ2n) is 3.57. The van der Waals surface area contributed by atoms with Gasteiger partial charge in [0.15, 0.2) is 0 Å². The van der Waals surface area contributed by atoms with Crippen LogP contribution in [0.4, 0.5) is 8.78 Å². The molecule has 0 atom stereocenters. The van der Waals surface area contributed by atoms with Crippen LogP contribution >= 0.6 is 12.2 Å². The summed E-state index contributed by atoms with van der Waals surface area (Å²) in [6.45, 7) is -0.861. The molecule has 0 amide bonds. The van der Waals surface area contributed by atoms with Gasteiger partial charge in [-0.05, 0) is 12.1 Å². The molecule has 0 radical (unpaired) electrons. The fourth-order valence-electron chi connectivity index (χ4n) is 1.28. The number of thiocarbonyl (C=S) groups is 1. The highest BCUT2D eigenvalue weighted by Gasteiger charge is 2.23. The zero-order valence-electron chi connectivity index (χ0n) is 9.51. The number of rotatable bonds is 5. The van der Waals surface area contributed by atoms with Crippen molar-refractivity contribution in [3.05, 3.63) is 29.8 Å². The lowest BCUT2D eigenvalue weighted by molar-refractivity contribution is 0.126. The second-order valence-corrected chi connectivity index (χ2v) is 6.05. The lowest BCUT2D eigenvalue weighted by Crippen LogP contribution is -2.31. The molecular weight excluding hydrogens is 282 g/mol. The molecule has 0 aliphatic heterocycles. The van der Waals surface area contributed by atoms with E-state index >= 15 is 0 Å². The highest BCUT2D eigenvalue weighted by molar-refractivity contribution is 7.89. The SMILES string of the molecule is CN(CC(F)F)S(=O)(=O)c1cccc(C(N)=S)c1. The van der Waals surface area contributed by atoms with Crippen LogP contribution in [0.2, 0.25) is 0 Å². The number of nitrogens with zero attached hydrogens (tertiary/aromatic N) is 1. The van der Waals surface area contributed by atoms with Crippen molar-refractivity contribution in [2.75, 3.05) is 13.6 Å². The Morgan fingerprint density at radius 1 is 1.50 bits per heavy atom. The van der Waals surface area contributed by atoms with Crippen LogP contribution in [-0.4, -0.2) is 37.7 Å². The minimum absolute atomic E-state index is 0.0450. The van der Waals surface area contributed by atoms with E-state index in [-0.39, 0.29) is 9.88 Å². The van der Waals surface area contributed by atoms with Crippen LogP contribution in [0.1, 0.15) is 5.56 Å². The molecule has 1 aromatic rings. The Balaban J connectivity index is 3.12. The van der Waals surface area contributed by atoms with Crippen molar-refractivity contribution in [1.29, 1.82) is 0 Å². The predicted molar refractivity (Wildman–Crippen MR) is 68.1 cm³/mol. The molecule has 8 heteroatoms. The van der Waals surface area contributed by atoms with Crippen molar-refractivity contribution in [2.45, 2.75) is 11.3 Å². The minimum Gasteiger partial charge on any atom is -0.389 e. The number of hydrogen-bond acceptors (Lipinski definition) is 3. The van der Waals surface area contributed by atoms with Gasteiger partial charge < -0.3 is 5.73 Å². The number of alkyl halides is 2.